The number of hydrogen-bond donors (Lipinski definition) is 2. The number of guanidine groups is 1. The quantitative estimate of drug-likeness (QED) is 0.412. The first kappa shape index (κ1) is 19.7. The van der Waals surface area contributed by atoms with Gasteiger partial charge < -0.3 is 15.4 Å². The van der Waals surface area contributed by atoms with Gasteiger partial charge >= 0.3 is 0 Å². The second kappa shape index (κ2) is 10.4. The Morgan fingerprint density at radius 3 is 2.74 bits per heavy atom. The van der Waals surface area contributed by atoms with Crippen LogP contribution in [0.2, 0.25) is 0 Å². The van der Waals surface area contributed by atoms with Crippen molar-refractivity contribution in [3.8, 4) is 5.75 Å². The monoisotopic (exact) mass is 337 g/mol. The molecule has 1 rings (SSSR count). The molecular weight excluding hydrogens is 306 g/mol. The van der Waals surface area contributed by atoms with Crippen molar-refractivity contribution in [3.05, 3.63) is 29.8 Å². The number of benzene rings is 1. The Labute approximate surface area is 145 Å². The van der Waals surface area contributed by atoms with Crippen molar-refractivity contribution in [2.24, 2.45) is 4.99 Å². The first-order valence-corrected chi connectivity index (χ1v) is 9.43. The van der Waals surface area contributed by atoms with Crippen LogP contribution in [0.4, 0.5) is 0 Å². The molecule has 0 unspecified atom stereocenters. The van der Waals surface area contributed by atoms with Crippen molar-refractivity contribution in [2.45, 2.75) is 38.4 Å². The number of aliphatic imine (C=N–C) groups is 1. The van der Waals surface area contributed by atoms with Crippen LogP contribution in [0.25, 0.3) is 0 Å². The molecule has 0 saturated heterocycles. The Morgan fingerprint density at radius 2 is 2.09 bits per heavy atom. The Kier molecular flexibility index (Phi) is 8.92. The zero-order chi connectivity index (χ0) is 17.1. The molecule has 130 valence electrons. The number of thioether (sulfide) groups is 1. The van der Waals surface area contributed by atoms with E-state index in [0.717, 1.165) is 44.2 Å². The van der Waals surface area contributed by atoms with Crippen molar-refractivity contribution in [3.63, 3.8) is 0 Å². The van der Waals surface area contributed by atoms with Crippen LogP contribution in [0.1, 0.15) is 32.8 Å². The number of hydrogen-bond acceptors (Lipinski definition) is 3. The number of ether oxygens (including phenoxy) is 1. The maximum atomic E-state index is 5.26. The fourth-order valence-electron chi connectivity index (χ4n) is 2.00. The first-order valence-electron chi connectivity index (χ1n) is 8.21. The van der Waals surface area contributed by atoms with Gasteiger partial charge in [0.05, 0.1) is 13.7 Å². The van der Waals surface area contributed by atoms with Crippen LogP contribution < -0.4 is 15.4 Å². The Morgan fingerprint density at radius 1 is 1.30 bits per heavy atom. The SMILES string of the molecule is CCNC(=NCC(C)(C)SC)NCCCc1cccc(OC)c1. The summed E-state index contributed by atoms with van der Waals surface area (Å²) in [6.07, 6.45) is 4.22. The molecule has 2 N–H and O–H groups in total. The molecule has 0 aliphatic heterocycles. The van der Waals surface area contributed by atoms with Crippen molar-refractivity contribution >= 4 is 17.7 Å². The second-order valence-electron chi connectivity index (χ2n) is 6.04. The van der Waals surface area contributed by atoms with Crippen LogP contribution in [-0.2, 0) is 6.42 Å². The highest BCUT2D eigenvalue weighted by molar-refractivity contribution is 7.99. The summed E-state index contributed by atoms with van der Waals surface area (Å²) in [7, 11) is 1.70. The predicted molar refractivity (Wildman–Crippen MR) is 103 cm³/mol. The number of nitrogens with one attached hydrogen (secondary N) is 2. The van der Waals surface area contributed by atoms with Crippen LogP contribution in [0, 0.1) is 0 Å². The molecule has 1 aromatic carbocycles. The summed E-state index contributed by atoms with van der Waals surface area (Å²) >= 11 is 1.84. The summed E-state index contributed by atoms with van der Waals surface area (Å²) in [6, 6.07) is 8.26. The number of rotatable bonds is 9. The van der Waals surface area contributed by atoms with Crippen molar-refractivity contribution in [2.75, 3.05) is 33.0 Å². The van der Waals surface area contributed by atoms with E-state index in [1.54, 1.807) is 7.11 Å². The molecule has 0 aliphatic rings. The highest BCUT2D eigenvalue weighted by atomic mass is 32.2. The van der Waals surface area contributed by atoms with E-state index in [1.807, 2.05) is 23.9 Å². The second-order valence-corrected chi connectivity index (χ2v) is 7.55. The number of aryl methyl sites for hydroxylation is 1. The minimum atomic E-state index is 0.170. The summed E-state index contributed by atoms with van der Waals surface area (Å²) < 4.78 is 5.43. The van der Waals surface area contributed by atoms with E-state index in [0.29, 0.717) is 0 Å². The van der Waals surface area contributed by atoms with Gasteiger partial charge in [0.25, 0.3) is 0 Å². The zero-order valence-corrected chi connectivity index (χ0v) is 15.9. The van der Waals surface area contributed by atoms with E-state index >= 15 is 0 Å². The van der Waals surface area contributed by atoms with Crippen LogP contribution in [-0.4, -0.2) is 43.7 Å². The largest absolute Gasteiger partial charge is 0.497 e. The normalized spacial score (nSPS) is 12.1. The lowest BCUT2D eigenvalue weighted by Gasteiger charge is -2.20. The minimum absolute atomic E-state index is 0.170. The average Bonchev–Trinajstić information content (AvgIpc) is 2.56. The fraction of sp³-hybridized carbons (Fsp3) is 0.611. The fourth-order valence-corrected chi connectivity index (χ4v) is 2.20. The van der Waals surface area contributed by atoms with Crippen LogP contribution in [0.5, 0.6) is 5.75 Å². The van der Waals surface area contributed by atoms with Gasteiger partial charge in [-0.05, 0) is 57.6 Å². The average molecular weight is 338 g/mol. The number of nitrogens with zero attached hydrogens (tertiary/aromatic N) is 1. The first-order chi connectivity index (χ1) is 11.0. The van der Waals surface area contributed by atoms with Gasteiger partial charge in [-0.1, -0.05) is 12.1 Å². The molecule has 0 saturated carbocycles. The van der Waals surface area contributed by atoms with E-state index in [2.05, 4.69) is 54.8 Å². The van der Waals surface area contributed by atoms with E-state index in [4.69, 9.17) is 4.74 Å². The Balaban J connectivity index is 2.41. The van der Waals surface area contributed by atoms with Gasteiger partial charge in [0.2, 0.25) is 0 Å². The summed E-state index contributed by atoms with van der Waals surface area (Å²) in [5, 5.41) is 6.72. The van der Waals surface area contributed by atoms with E-state index in [1.165, 1.54) is 5.56 Å². The molecule has 23 heavy (non-hydrogen) atoms. The van der Waals surface area contributed by atoms with E-state index in [-0.39, 0.29) is 4.75 Å². The third kappa shape index (κ3) is 8.16. The van der Waals surface area contributed by atoms with Crippen LogP contribution in [0.3, 0.4) is 0 Å². The summed E-state index contributed by atoms with van der Waals surface area (Å²) in [5.41, 5.74) is 1.30. The predicted octanol–water partition coefficient (Wildman–Crippen LogP) is 3.32. The highest BCUT2D eigenvalue weighted by Crippen LogP contribution is 2.20. The van der Waals surface area contributed by atoms with Gasteiger partial charge in [-0.3, -0.25) is 4.99 Å². The van der Waals surface area contributed by atoms with Gasteiger partial charge in [-0.2, -0.15) is 11.8 Å². The maximum Gasteiger partial charge on any atom is 0.191 e. The Hall–Kier alpha value is -1.36. The molecule has 0 bridgehead atoms. The van der Waals surface area contributed by atoms with E-state index < -0.39 is 0 Å². The van der Waals surface area contributed by atoms with Crippen LogP contribution >= 0.6 is 11.8 Å². The molecule has 0 spiro atoms. The topological polar surface area (TPSA) is 45.7 Å². The number of methoxy groups -OCH3 is 1. The lowest BCUT2D eigenvalue weighted by atomic mass is 10.1. The molecule has 0 heterocycles. The molecule has 4 nitrogen and oxygen atoms in total. The highest BCUT2D eigenvalue weighted by Gasteiger charge is 2.15. The van der Waals surface area contributed by atoms with Gasteiger partial charge in [0.1, 0.15) is 5.75 Å². The smallest absolute Gasteiger partial charge is 0.191 e. The third-order valence-electron chi connectivity index (χ3n) is 3.58. The van der Waals surface area contributed by atoms with Gasteiger partial charge in [-0.25, -0.2) is 0 Å². The van der Waals surface area contributed by atoms with Gasteiger partial charge in [0, 0.05) is 17.8 Å². The molecule has 1 aromatic rings. The van der Waals surface area contributed by atoms with Gasteiger partial charge in [-0.15, -0.1) is 0 Å². The molecule has 0 atom stereocenters. The third-order valence-corrected chi connectivity index (χ3v) is 4.82. The molecule has 0 radical (unpaired) electrons. The zero-order valence-electron chi connectivity index (χ0n) is 15.1. The molecular formula is C18H31N3OS. The maximum absolute atomic E-state index is 5.26. The molecule has 5 heteroatoms. The lowest BCUT2D eigenvalue weighted by molar-refractivity contribution is 0.414. The van der Waals surface area contributed by atoms with Crippen molar-refractivity contribution in [1.82, 2.24) is 10.6 Å². The molecule has 0 fully saturated rings. The van der Waals surface area contributed by atoms with E-state index in [9.17, 15) is 0 Å². The molecule has 0 aliphatic carbocycles. The minimum Gasteiger partial charge on any atom is -0.497 e. The van der Waals surface area contributed by atoms with Gasteiger partial charge in [0.15, 0.2) is 5.96 Å². The lowest BCUT2D eigenvalue weighted by Crippen LogP contribution is -2.39. The van der Waals surface area contributed by atoms with Crippen molar-refractivity contribution in [1.29, 1.82) is 0 Å². The molecule has 0 aromatic heterocycles. The molecule has 0 amide bonds. The van der Waals surface area contributed by atoms with Crippen molar-refractivity contribution < 1.29 is 4.74 Å². The van der Waals surface area contributed by atoms with Crippen LogP contribution in [0.15, 0.2) is 29.3 Å². The summed E-state index contributed by atoms with van der Waals surface area (Å²) in [6.45, 7) is 9.11. The summed E-state index contributed by atoms with van der Waals surface area (Å²) in [5.74, 6) is 1.82. The Bertz CT molecular complexity index is 489. The standard InChI is InChI=1S/C18H31N3OS/c1-6-19-17(21-14-18(2,3)23-5)20-12-8-10-15-9-7-11-16(13-15)22-4/h7,9,11,13H,6,8,10,12,14H2,1-5H3,(H2,19,20,21). The summed E-state index contributed by atoms with van der Waals surface area (Å²) in [4.78, 5) is 4.68.